The van der Waals surface area contributed by atoms with Gasteiger partial charge in [0.25, 0.3) is 0 Å². The monoisotopic (exact) mass is 682 g/mol. The first-order chi connectivity index (χ1) is 23.8. The number of hydrogen-bond donors (Lipinski definition) is 0. The molecule has 4 atom stereocenters. The van der Waals surface area contributed by atoms with Crippen LogP contribution in [0.2, 0.25) is 0 Å². The quantitative estimate of drug-likeness (QED) is 0.0492. The summed E-state index contributed by atoms with van der Waals surface area (Å²) in [4.78, 5) is 2.79. The van der Waals surface area contributed by atoms with Gasteiger partial charge in [0.15, 0.2) is 0 Å². The van der Waals surface area contributed by atoms with Gasteiger partial charge >= 0.3 is 0 Å². The van der Waals surface area contributed by atoms with Crippen LogP contribution >= 0.6 is 0 Å². The third kappa shape index (κ3) is 19.2. The molecular weight excluding hydrogens is 591 g/mol. The molecule has 0 aromatic carbocycles. The summed E-state index contributed by atoms with van der Waals surface area (Å²) in [5.41, 5.74) is 1.94. The molecule has 0 N–H and O–H groups in total. The van der Waals surface area contributed by atoms with Gasteiger partial charge in [-0.1, -0.05) is 182 Å². The van der Waals surface area contributed by atoms with Gasteiger partial charge in [-0.05, 0) is 118 Å². The predicted molar refractivity (Wildman–Crippen MR) is 222 cm³/mol. The normalized spacial score (nSPS) is 22.2. The lowest BCUT2D eigenvalue weighted by atomic mass is 9.74. The van der Waals surface area contributed by atoms with Crippen LogP contribution in [0.1, 0.15) is 221 Å². The van der Waals surface area contributed by atoms with E-state index in [0.717, 1.165) is 35.5 Å². The highest BCUT2D eigenvalue weighted by Gasteiger charge is 2.69. The van der Waals surface area contributed by atoms with Gasteiger partial charge in [-0.2, -0.15) is 0 Å². The van der Waals surface area contributed by atoms with Crippen molar-refractivity contribution in [2.24, 2.45) is 40.9 Å². The van der Waals surface area contributed by atoms with Gasteiger partial charge in [-0.3, -0.25) is 0 Å². The standard InChI is InChI=1S/C36H73N.C12H18/c1-6-10-14-15-18-24-33-37(32-23-13-9-4)34-25-19-16-17-22-27-35(5)28-26-31-36(29-20-11-7-2)30-21-12-8-3;1-4-12(2,3)11-9-5-7(9)8-6-10(8)11/h36H,5-34H2,1-4H3;4,7-11H,1,5-6H2,2-3H3. The molecule has 3 aliphatic rings. The van der Waals surface area contributed by atoms with E-state index in [0.29, 0.717) is 5.41 Å². The maximum absolute atomic E-state index is 4.44. The topological polar surface area (TPSA) is 3.24 Å². The van der Waals surface area contributed by atoms with Gasteiger partial charge < -0.3 is 4.90 Å². The van der Waals surface area contributed by atoms with E-state index in [-0.39, 0.29) is 0 Å². The lowest BCUT2D eigenvalue weighted by Crippen LogP contribution is -2.27. The molecule has 288 valence electrons. The molecule has 1 nitrogen and oxygen atoms in total. The Labute approximate surface area is 310 Å². The Kier molecular flexibility index (Phi) is 24.7. The summed E-state index contributed by atoms with van der Waals surface area (Å²) in [5, 5.41) is 0. The van der Waals surface area contributed by atoms with Crippen molar-refractivity contribution in [2.45, 2.75) is 221 Å². The Hall–Kier alpha value is -0.560. The summed E-state index contributed by atoms with van der Waals surface area (Å²) in [6.45, 7) is 26.5. The Morgan fingerprint density at radius 2 is 0.939 bits per heavy atom. The zero-order valence-electron chi connectivity index (χ0n) is 34.8. The van der Waals surface area contributed by atoms with Crippen LogP contribution in [0.4, 0.5) is 0 Å². The van der Waals surface area contributed by atoms with Crippen LogP contribution in [-0.4, -0.2) is 24.5 Å². The highest BCUT2D eigenvalue weighted by atomic mass is 15.1. The Bertz CT molecular complexity index is 784. The minimum absolute atomic E-state index is 0.412. The molecule has 4 unspecified atom stereocenters. The molecule has 3 fully saturated rings. The summed E-state index contributed by atoms with van der Waals surface area (Å²) < 4.78 is 0. The predicted octanol–water partition coefficient (Wildman–Crippen LogP) is 15.8. The maximum Gasteiger partial charge on any atom is -0.00187 e. The number of rotatable bonds is 33. The van der Waals surface area contributed by atoms with Gasteiger partial charge in [0.05, 0.1) is 0 Å². The number of nitrogens with zero attached hydrogens (tertiary/aromatic N) is 1. The molecule has 0 bridgehead atoms. The number of unbranched alkanes of at least 4 members (excludes halogenated alkanes) is 15. The molecule has 0 amide bonds. The van der Waals surface area contributed by atoms with E-state index in [4.69, 9.17) is 0 Å². The van der Waals surface area contributed by atoms with E-state index >= 15 is 0 Å². The maximum atomic E-state index is 4.44. The molecule has 1 heteroatoms. The van der Waals surface area contributed by atoms with E-state index in [1.54, 1.807) is 12.8 Å². The van der Waals surface area contributed by atoms with Crippen molar-refractivity contribution in [2.75, 3.05) is 19.6 Å². The second kappa shape index (κ2) is 27.1. The van der Waals surface area contributed by atoms with Crippen molar-refractivity contribution >= 4 is 0 Å². The lowest BCUT2D eigenvalue weighted by molar-refractivity contribution is 0.230. The van der Waals surface area contributed by atoms with E-state index in [2.05, 4.69) is 65.7 Å². The Morgan fingerprint density at radius 3 is 1.45 bits per heavy atom. The molecule has 0 aromatic heterocycles. The summed E-state index contributed by atoms with van der Waals surface area (Å²) >= 11 is 0. The van der Waals surface area contributed by atoms with E-state index < -0.39 is 0 Å². The molecule has 3 saturated carbocycles. The van der Waals surface area contributed by atoms with Crippen LogP contribution in [-0.2, 0) is 0 Å². The largest absolute Gasteiger partial charge is 0.303 e. The van der Waals surface area contributed by atoms with Crippen LogP contribution in [0.5, 0.6) is 0 Å². The molecule has 49 heavy (non-hydrogen) atoms. The van der Waals surface area contributed by atoms with Crippen LogP contribution in [0.15, 0.2) is 24.8 Å². The van der Waals surface area contributed by atoms with Gasteiger partial charge in [-0.25, -0.2) is 0 Å². The van der Waals surface area contributed by atoms with Crippen molar-refractivity contribution in [1.82, 2.24) is 4.90 Å². The van der Waals surface area contributed by atoms with Crippen molar-refractivity contribution in [3.8, 4) is 0 Å². The fraction of sp³-hybridized carbons (Fsp3) is 0.917. The second-order valence-corrected chi connectivity index (χ2v) is 18.0. The van der Waals surface area contributed by atoms with E-state index in [1.807, 2.05) is 0 Å². The van der Waals surface area contributed by atoms with E-state index in [9.17, 15) is 0 Å². The highest BCUT2D eigenvalue weighted by Crippen LogP contribution is 2.75. The third-order valence-electron chi connectivity index (χ3n) is 13.1. The average Bonchev–Trinajstić information content (AvgIpc) is 4.02. The Morgan fingerprint density at radius 1 is 0.551 bits per heavy atom. The molecule has 0 heterocycles. The fourth-order valence-corrected chi connectivity index (χ4v) is 9.68. The first-order valence-corrected chi connectivity index (χ1v) is 22.8. The molecule has 0 spiro atoms. The zero-order chi connectivity index (χ0) is 35.7. The summed E-state index contributed by atoms with van der Waals surface area (Å²) in [7, 11) is 0. The fourth-order valence-electron chi connectivity index (χ4n) is 9.68. The van der Waals surface area contributed by atoms with Crippen LogP contribution in [0.3, 0.4) is 0 Å². The average molecular weight is 682 g/mol. The van der Waals surface area contributed by atoms with Crippen LogP contribution in [0, 0.1) is 40.9 Å². The van der Waals surface area contributed by atoms with Crippen molar-refractivity contribution in [1.29, 1.82) is 0 Å². The highest BCUT2D eigenvalue weighted by molar-refractivity contribution is 5.19. The molecule has 0 aliphatic heterocycles. The molecule has 3 rings (SSSR count). The second-order valence-electron chi connectivity index (χ2n) is 18.0. The van der Waals surface area contributed by atoms with Crippen molar-refractivity contribution in [3.63, 3.8) is 0 Å². The van der Waals surface area contributed by atoms with Gasteiger partial charge in [0.2, 0.25) is 0 Å². The van der Waals surface area contributed by atoms with Gasteiger partial charge in [-0.15, -0.1) is 6.58 Å². The Balaban J connectivity index is 0.000000563. The molecule has 0 radical (unpaired) electrons. The third-order valence-corrected chi connectivity index (χ3v) is 13.1. The first-order valence-electron chi connectivity index (χ1n) is 22.8. The van der Waals surface area contributed by atoms with Crippen LogP contribution < -0.4 is 0 Å². The van der Waals surface area contributed by atoms with Crippen molar-refractivity contribution in [3.05, 3.63) is 24.8 Å². The minimum atomic E-state index is 0.412. The molecule has 0 aromatic rings. The van der Waals surface area contributed by atoms with Crippen LogP contribution in [0.25, 0.3) is 0 Å². The van der Waals surface area contributed by atoms with Gasteiger partial charge in [0, 0.05) is 0 Å². The molecule has 0 saturated heterocycles. The first kappa shape index (κ1) is 44.6. The molecular formula is C48H91N. The SMILES string of the molecule is C=C(CCCCCCCN(CCCCC)CCCCCCCC)CCCC(CCCCC)CCCCC.C=CC(C)(C)C1C2CC2C2CC21. The number of hydrogen-bond acceptors (Lipinski definition) is 1. The van der Waals surface area contributed by atoms with E-state index in [1.165, 1.54) is 192 Å². The summed E-state index contributed by atoms with van der Waals surface area (Å²) in [6, 6.07) is 0. The molecule has 3 aliphatic carbocycles. The smallest absolute Gasteiger partial charge is 0.00187 e. The summed E-state index contributed by atoms with van der Waals surface area (Å²) in [6.07, 6.45) is 41.7. The zero-order valence-corrected chi connectivity index (χ0v) is 34.8. The number of fused-ring (bicyclic) bond motifs is 3. The number of allylic oxidation sites excluding steroid dienone is 2. The van der Waals surface area contributed by atoms with Gasteiger partial charge in [0.1, 0.15) is 0 Å². The lowest BCUT2D eigenvalue weighted by Gasteiger charge is -2.30. The van der Waals surface area contributed by atoms with Crippen molar-refractivity contribution < 1.29 is 0 Å². The summed E-state index contributed by atoms with van der Waals surface area (Å²) in [5.74, 6) is 6.47. The minimum Gasteiger partial charge on any atom is -0.303 e.